The van der Waals surface area contributed by atoms with Crippen molar-refractivity contribution in [1.82, 2.24) is 4.57 Å². The number of halogens is 1. The molecule has 4 aromatic rings. The summed E-state index contributed by atoms with van der Waals surface area (Å²) in [5.74, 6) is 0.812. The predicted octanol–water partition coefficient (Wildman–Crippen LogP) is 1.72. The van der Waals surface area contributed by atoms with Crippen LogP contribution in [0, 0.1) is 6.92 Å². The van der Waals surface area contributed by atoms with Gasteiger partial charge in [0.15, 0.2) is 0 Å². The molecule has 0 aliphatic carbocycles. The van der Waals surface area contributed by atoms with E-state index in [0.29, 0.717) is 13.0 Å². The number of carbonyl (C=O) groups excluding carboxylic acids is 1. The lowest BCUT2D eigenvalue weighted by Gasteiger charge is -2.31. The summed E-state index contributed by atoms with van der Waals surface area (Å²) in [5.41, 5.74) is 7.06. The molecule has 4 nitrogen and oxygen atoms in total. The number of benzene rings is 2. The molecule has 0 radical (unpaired) electrons. The van der Waals surface area contributed by atoms with Gasteiger partial charge in [-0.25, -0.2) is 9.13 Å². The van der Waals surface area contributed by atoms with Crippen molar-refractivity contribution in [2.24, 2.45) is 5.73 Å². The Morgan fingerprint density at radius 3 is 2.21 bits per heavy atom. The number of nitrogens with two attached hydrogens (primary N) is 1. The van der Waals surface area contributed by atoms with Crippen molar-refractivity contribution in [3.05, 3.63) is 118 Å². The molecule has 2 heterocycles. The second kappa shape index (κ2) is 11.3. The fourth-order valence-corrected chi connectivity index (χ4v) is 4.88. The average Bonchev–Trinajstić information content (AvgIpc) is 3.46. The Morgan fingerprint density at radius 1 is 1.03 bits per heavy atom. The number of aromatic nitrogens is 2. The average molecular weight is 523 g/mol. The summed E-state index contributed by atoms with van der Waals surface area (Å²) >= 11 is 1.73. The summed E-state index contributed by atoms with van der Waals surface area (Å²) in [6.07, 6.45) is 9.07. The van der Waals surface area contributed by atoms with Crippen LogP contribution in [0.4, 0.5) is 0 Å². The molecule has 4 rings (SSSR count). The first-order chi connectivity index (χ1) is 15.6. The van der Waals surface area contributed by atoms with Gasteiger partial charge in [-0.3, -0.25) is 4.79 Å². The van der Waals surface area contributed by atoms with Crippen LogP contribution in [0.25, 0.3) is 6.08 Å². The number of carbonyl (C=O) groups is 1. The van der Waals surface area contributed by atoms with E-state index in [0.717, 1.165) is 23.5 Å². The Balaban J connectivity index is 0.00000306. The molecule has 2 aromatic heterocycles. The number of allylic oxidation sites excluding steroid dienone is 1. The van der Waals surface area contributed by atoms with E-state index in [1.807, 2.05) is 60.7 Å². The van der Waals surface area contributed by atoms with E-state index in [-0.39, 0.29) is 22.9 Å². The zero-order valence-corrected chi connectivity index (χ0v) is 21.0. The molecule has 0 saturated heterocycles. The number of imidazole rings is 1. The molecule has 0 saturated carbocycles. The van der Waals surface area contributed by atoms with E-state index >= 15 is 0 Å². The maximum atomic E-state index is 13.0. The number of amides is 1. The van der Waals surface area contributed by atoms with Crippen molar-refractivity contribution in [2.45, 2.75) is 31.8 Å². The lowest BCUT2D eigenvalue weighted by atomic mass is 9.71. The van der Waals surface area contributed by atoms with Crippen molar-refractivity contribution >= 4 is 23.3 Å². The van der Waals surface area contributed by atoms with Gasteiger partial charge in [-0.15, -0.1) is 11.3 Å². The van der Waals surface area contributed by atoms with Crippen LogP contribution in [-0.2, 0) is 23.3 Å². The number of primary amides is 1. The Hall–Kier alpha value is -2.96. The molecule has 2 aromatic carbocycles. The summed E-state index contributed by atoms with van der Waals surface area (Å²) in [6.45, 7) is 3.59. The normalized spacial score (nSPS) is 11.4. The van der Waals surface area contributed by atoms with E-state index in [1.165, 1.54) is 4.88 Å². The highest BCUT2D eigenvalue weighted by Gasteiger charge is 2.40. The quantitative estimate of drug-likeness (QED) is 0.335. The Labute approximate surface area is 209 Å². The predicted molar refractivity (Wildman–Crippen MR) is 130 cm³/mol. The van der Waals surface area contributed by atoms with Gasteiger partial charge in [0.05, 0.1) is 6.54 Å². The van der Waals surface area contributed by atoms with Gasteiger partial charge in [0.1, 0.15) is 24.4 Å². The van der Waals surface area contributed by atoms with E-state index in [9.17, 15) is 4.79 Å². The van der Waals surface area contributed by atoms with Crippen LogP contribution >= 0.6 is 11.3 Å². The molecule has 6 heteroatoms. The summed E-state index contributed by atoms with van der Waals surface area (Å²) in [7, 11) is 0. The maximum Gasteiger partial charge on any atom is 0.253 e. The molecule has 0 spiro atoms. The number of nitrogens with zero attached hydrogens (tertiary/aromatic N) is 2. The zero-order valence-electron chi connectivity index (χ0n) is 18.6. The topological polar surface area (TPSA) is 51.9 Å². The van der Waals surface area contributed by atoms with Crippen LogP contribution in [0.2, 0.25) is 0 Å². The molecular formula is C27H28BrN3OS. The van der Waals surface area contributed by atoms with Crippen molar-refractivity contribution < 1.29 is 26.3 Å². The lowest BCUT2D eigenvalue weighted by Crippen LogP contribution is -3.00. The number of thiophene rings is 1. The highest BCUT2D eigenvalue weighted by atomic mass is 79.9. The third-order valence-electron chi connectivity index (χ3n) is 6.07. The second-order valence-electron chi connectivity index (χ2n) is 7.86. The first-order valence-corrected chi connectivity index (χ1v) is 11.7. The van der Waals surface area contributed by atoms with Crippen LogP contribution in [-0.4, -0.2) is 10.5 Å². The Morgan fingerprint density at radius 2 is 1.67 bits per heavy atom. The summed E-state index contributed by atoms with van der Waals surface area (Å²) in [6, 6.07) is 23.9. The minimum Gasteiger partial charge on any atom is -1.00 e. The third kappa shape index (κ3) is 5.34. The number of rotatable bonds is 9. The van der Waals surface area contributed by atoms with E-state index in [1.54, 1.807) is 11.3 Å². The third-order valence-corrected chi connectivity index (χ3v) is 6.90. The highest BCUT2D eigenvalue weighted by molar-refractivity contribution is 7.10. The minimum atomic E-state index is -0.886. The van der Waals surface area contributed by atoms with Gasteiger partial charge in [-0.05, 0) is 34.7 Å². The molecule has 33 heavy (non-hydrogen) atoms. The van der Waals surface area contributed by atoms with Crippen LogP contribution in [0.5, 0.6) is 0 Å². The molecular weight excluding hydrogens is 494 g/mol. The monoisotopic (exact) mass is 521 g/mol. The van der Waals surface area contributed by atoms with Gasteiger partial charge >= 0.3 is 0 Å². The molecule has 0 unspecified atom stereocenters. The van der Waals surface area contributed by atoms with Gasteiger partial charge in [-0.2, -0.15) is 0 Å². The van der Waals surface area contributed by atoms with E-state index in [2.05, 4.69) is 58.1 Å². The molecule has 0 bridgehead atoms. The first kappa shape index (κ1) is 24.7. The van der Waals surface area contributed by atoms with E-state index < -0.39 is 5.41 Å². The second-order valence-corrected chi connectivity index (χ2v) is 8.84. The largest absolute Gasteiger partial charge is 1.00 e. The standard InChI is InChI=1S/C27H27N3OS.BrH/c1-22-29(17-8-14-25-15-9-21-32-25)19-20-30(22)18-16-27(26(28)31,23-10-4-2-5-11-23)24-12-6-3-7-13-24;/h2-15,19-21H,16-18H2,1H3,(H-,28,31);1H/b14-8+;. The molecule has 0 atom stereocenters. The van der Waals surface area contributed by atoms with Gasteiger partial charge in [-0.1, -0.05) is 66.7 Å². The van der Waals surface area contributed by atoms with Crippen molar-refractivity contribution in [1.29, 1.82) is 0 Å². The number of aryl methyl sites for hydroxylation is 1. The molecule has 1 amide bonds. The number of hydrogen-bond donors (Lipinski definition) is 1. The smallest absolute Gasteiger partial charge is 0.253 e. The Bertz CT molecular complexity index is 1150. The maximum absolute atomic E-state index is 13.0. The van der Waals surface area contributed by atoms with E-state index in [4.69, 9.17) is 5.73 Å². The lowest BCUT2D eigenvalue weighted by molar-refractivity contribution is -0.692. The summed E-state index contributed by atoms with van der Waals surface area (Å²) < 4.78 is 4.41. The SMILES string of the molecule is Cc1n(CCC(C(N)=O)(c2ccccc2)c2ccccc2)cc[n+]1C/C=C/c1cccs1.[Br-]. The molecule has 0 fully saturated rings. The molecule has 170 valence electrons. The van der Waals surface area contributed by atoms with Crippen molar-refractivity contribution in [3.8, 4) is 0 Å². The summed E-state index contributed by atoms with van der Waals surface area (Å²) in [5, 5.41) is 2.08. The zero-order chi connectivity index (χ0) is 22.4. The first-order valence-electron chi connectivity index (χ1n) is 10.8. The molecule has 2 N–H and O–H groups in total. The Kier molecular flexibility index (Phi) is 8.42. The van der Waals surface area contributed by atoms with Crippen LogP contribution in [0.1, 0.15) is 28.2 Å². The van der Waals surface area contributed by atoms with Gasteiger partial charge in [0.25, 0.3) is 5.82 Å². The number of hydrogen-bond acceptors (Lipinski definition) is 2. The van der Waals surface area contributed by atoms with Gasteiger partial charge < -0.3 is 22.7 Å². The van der Waals surface area contributed by atoms with Crippen molar-refractivity contribution in [3.63, 3.8) is 0 Å². The molecule has 0 aliphatic heterocycles. The van der Waals surface area contributed by atoms with Gasteiger partial charge in [0, 0.05) is 18.2 Å². The van der Waals surface area contributed by atoms with Crippen LogP contribution < -0.4 is 27.3 Å². The molecule has 0 aliphatic rings. The summed E-state index contributed by atoms with van der Waals surface area (Å²) in [4.78, 5) is 14.2. The minimum absolute atomic E-state index is 0. The van der Waals surface area contributed by atoms with Crippen LogP contribution in [0.15, 0.2) is 96.6 Å². The fourth-order valence-electron chi connectivity index (χ4n) is 4.24. The fraction of sp³-hybridized carbons (Fsp3) is 0.185. The van der Waals surface area contributed by atoms with Gasteiger partial charge in [0.2, 0.25) is 5.91 Å². The van der Waals surface area contributed by atoms with Crippen molar-refractivity contribution in [2.75, 3.05) is 0 Å². The highest BCUT2D eigenvalue weighted by Crippen LogP contribution is 2.36. The van der Waals surface area contributed by atoms with Crippen LogP contribution in [0.3, 0.4) is 0 Å².